The fraction of sp³-hybridized carbons (Fsp3) is 0.630. The van der Waals surface area contributed by atoms with Crippen LogP contribution in [0.3, 0.4) is 0 Å². The summed E-state index contributed by atoms with van der Waals surface area (Å²) in [5, 5.41) is 79.6. The molecule has 2 heterocycles. The first-order chi connectivity index (χ1) is 21.9. The molecule has 0 spiro atoms. The molecule has 20 nitrogen and oxygen atoms in total. The number of esters is 1. The van der Waals surface area contributed by atoms with Gasteiger partial charge in [-0.3, -0.25) is 24.5 Å². The van der Waals surface area contributed by atoms with Crippen LogP contribution in [-0.4, -0.2) is 139 Å². The minimum Gasteiger partial charge on any atom is -0.477 e. The van der Waals surface area contributed by atoms with Crippen molar-refractivity contribution in [3.05, 3.63) is 34.4 Å². The first-order valence-electron chi connectivity index (χ1n) is 14.2. The van der Waals surface area contributed by atoms with E-state index in [0.29, 0.717) is 0 Å². The van der Waals surface area contributed by atoms with E-state index in [-0.39, 0.29) is 11.4 Å². The van der Waals surface area contributed by atoms with Crippen molar-refractivity contribution in [3.63, 3.8) is 0 Å². The third-order valence-electron chi connectivity index (χ3n) is 7.31. The van der Waals surface area contributed by atoms with Crippen LogP contribution >= 0.6 is 0 Å². The fourth-order valence-corrected chi connectivity index (χ4v) is 5.03. The van der Waals surface area contributed by atoms with Crippen molar-refractivity contribution in [2.75, 3.05) is 13.2 Å². The standard InChI is InChI=1S/C27H37N3O17/c1-11(31)28-19-16(34)8-27(26(39)40,47-24(19)21(36)17(35)9-43-13(3)33)44-10-18-22(37)23(38)20(29-12(2)32)25(46-18)45-15-6-4-14(5-7-15)30(41)42/h4-7,16-25,34-38H,8-10H2,1-3H3,(H,28,31)(H,29,32)(H,39,40)/t16-,17-,18?,19-,20?,21-,22+,23?,24?,25-,27-/m1/s1. The third kappa shape index (κ3) is 9.29. The largest absolute Gasteiger partial charge is 0.477 e. The lowest BCUT2D eigenvalue weighted by Gasteiger charge is -2.47. The van der Waals surface area contributed by atoms with Crippen molar-refractivity contribution >= 4 is 29.4 Å². The van der Waals surface area contributed by atoms with E-state index in [2.05, 4.69) is 15.4 Å². The van der Waals surface area contributed by atoms with Gasteiger partial charge < -0.3 is 65.0 Å². The van der Waals surface area contributed by atoms with Gasteiger partial charge in [0.1, 0.15) is 55.0 Å². The van der Waals surface area contributed by atoms with Crippen molar-refractivity contribution in [3.8, 4) is 5.75 Å². The number of hydrogen-bond donors (Lipinski definition) is 8. The highest BCUT2D eigenvalue weighted by Gasteiger charge is 2.57. The lowest BCUT2D eigenvalue weighted by molar-refractivity contribution is -0.384. The molecule has 0 aliphatic carbocycles. The summed E-state index contributed by atoms with van der Waals surface area (Å²) in [6.45, 7) is 1.57. The van der Waals surface area contributed by atoms with Crippen molar-refractivity contribution in [2.45, 2.75) is 94.1 Å². The van der Waals surface area contributed by atoms with E-state index >= 15 is 0 Å². The first kappa shape index (κ1) is 37.4. The molecule has 0 saturated carbocycles. The second kappa shape index (κ2) is 15.7. The van der Waals surface area contributed by atoms with Crippen LogP contribution < -0.4 is 15.4 Å². The number of nitrogens with zero attached hydrogens (tertiary/aromatic N) is 1. The average Bonchev–Trinajstić information content (AvgIpc) is 2.99. The molecule has 0 bridgehead atoms. The number of carboxylic acid groups (broad SMARTS) is 1. The Hall–Kier alpha value is -4.02. The number of nitrogens with one attached hydrogen (secondary N) is 2. The Bertz CT molecular complexity index is 1300. The molecule has 0 radical (unpaired) electrons. The highest BCUT2D eigenvalue weighted by Crippen LogP contribution is 2.35. The summed E-state index contributed by atoms with van der Waals surface area (Å²) in [6.07, 6.45) is -15.2. The van der Waals surface area contributed by atoms with Gasteiger partial charge >= 0.3 is 11.9 Å². The smallest absolute Gasteiger partial charge is 0.364 e. The second-order valence-corrected chi connectivity index (χ2v) is 10.9. The molecule has 1 aromatic rings. The molecule has 11 atom stereocenters. The number of carbonyl (C=O) groups excluding carboxylic acids is 3. The number of carbonyl (C=O) groups is 4. The zero-order valence-corrected chi connectivity index (χ0v) is 25.3. The Morgan fingerprint density at radius 3 is 2.15 bits per heavy atom. The lowest BCUT2D eigenvalue weighted by Crippen LogP contribution is -2.69. The van der Waals surface area contributed by atoms with Gasteiger partial charge in [0.25, 0.3) is 11.5 Å². The zero-order valence-electron chi connectivity index (χ0n) is 25.3. The van der Waals surface area contributed by atoms with E-state index in [4.69, 9.17) is 18.9 Å². The number of nitro benzene ring substituents is 1. The molecule has 1 aromatic carbocycles. The number of nitro groups is 1. The number of rotatable bonds is 13. The van der Waals surface area contributed by atoms with Gasteiger partial charge in [0, 0.05) is 39.3 Å². The zero-order chi connectivity index (χ0) is 35.2. The molecule has 262 valence electrons. The van der Waals surface area contributed by atoms with Crippen LogP contribution in [0.4, 0.5) is 5.69 Å². The first-order valence-corrected chi connectivity index (χ1v) is 14.2. The number of ether oxygens (including phenoxy) is 5. The van der Waals surface area contributed by atoms with Gasteiger partial charge in [0.05, 0.1) is 23.7 Å². The van der Waals surface area contributed by atoms with Crippen molar-refractivity contribution < 1.29 is 78.4 Å². The van der Waals surface area contributed by atoms with Crippen LogP contribution in [0.15, 0.2) is 24.3 Å². The summed E-state index contributed by atoms with van der Waals surface area (Å²) in [4.78, 5) is 57.7. The van der Waals surface area contributed by atoms with E-state index in [9.17, 15) is 59.9 Å². The van der Waals surface area contributed by atoms with Crippen LogP contribution in [0.25, 0.3) is 0 Å². The lowest BCUT2D eigenvalue weighted by atomic mass is 9.88. The normalized spacial score (nSPS) is 31.9. The number of aliphatic hydroxyl groups excluding tert-OH is 5. The highest BCUT2D eigenvalue weighted by atomic mass is 16.7. The van der Waals surface area contributed by atoms with Crippen LogP contribution in [-0.2, 0) is 38.1 Å². The average molecular weight is 676 g/mol. The Balaban J connectivity index is 1.87. The van der Waals surface area contributed by atoms with Gasteiger partial charge in [-0.15, -0.1) is 0 Å². The fourth-order valence-electron chi connectivity index (χ4n) is 5.03. The van der Waals surface area contributed by atoms with Crippen molar-refractivity contribution in [2.24, 2.45) is 0 Å². The van der Waals surface area contributed by atoms with E-state index in [1.54, 1.807) is 0 Å². The Kier molecular flexibility index (Phi) is 12.5. The van der Waals surface area contributed by atoms with Crippen LogP contribution in [0, 0.1) is 10.1 Å². The minimum atomic E-state index is -2.81. The van der Waals surface area contributed by atoms with Gasteiger partial charge in [-0.1, -0.05) is 0 Å². The third-order valence-corrected chi connectivity index (χ3v) is 7.31. The molecule has 8 N–H and O–H groups in total. The highest BCUT2D eigenvalue weighted by molar-refractivity contribution is 5.76. The molecule has 0 aromatic heterocycles. The Morgan fingerprint density at radius 1 is 1.02 bits per heavy atom. The van der Waals surface area contributed by atoms with Gasteiger partial charge in [0.15, 0.2) is 0 Å². The van der Waals surface area contributed by atoms with E-state index in [1.165, 1.54) is 12.1 Å². The summed E-state index contributed by atoms with van der Waals surface area (Å²) in [5.41, 5.74) is -0.265. The summed E-state index contributed by atoms with van der Waals surface area (Å²) < 4.78 is 27.2. The quantitative estimate of drug-likeness (QED) is 0.0576. The molecule has 47 heavy (non-hydrogen) atoms. The second-order valence-electron chi connectivity index (χ2n) is 10.9. The molecule has 2 amide bonds. The number of aliphatic carboxylic acids is 1. The molecule has 20 heteroatoms. The number of non-ortho nitro benzene ring substituents is 1. The summed E-state index contributed by atoms with van der Waals surface area (Å²) in [6, 6.07) is 1.76. The number of amides is 2. The van der Waals surface area contributed by atoms with Gasteiger partial charge in [0.2, 0.25) is 18.1 Å². The van der Waals surface area contributed by atoms with E-state index in [0.717, 1.165) is 32.9 Å². The molecule has 2 aliphatic heterocycles. The molecular weight excluding hydrogens is 638 g/mol. The van der Waals surface area contributed by atoms with Crippen LogP contribution in [0.5, 0.6) is 5.75 Å². The van der Waals surface area contributed by atoms with Crippen LogP contribution in [0.2, 0.25) is 0 Å². The molecule has 2 fully saturated rings. The summed E-state index contributed by atoms with van der Waals surface area (Å²) >= 11 is 0. The maximum Gasteiger partial charge on any atom is 0.364 e. The predicted molar refractivity (Wildman–Crippen MR) is 150 cm³/mol. The summed E-state index contributed by atoms with van der Waals surface area (Å²) in [7, 11) is 0. The summed E-state index contributed by atoms with van der Waals surface area (Å²) in [5.74, 6) is -6.84. The molecule has 4 unspecified atom stereocenters. The maximum atomic E-state index is 12.5. The molecular formula is C27H37N3O17. The SMILES string of the molecule is CC(=O)NC1C(O)[C@@H](O)C(CO[C@]2(C(=O)O)C[C@@H](O)[C@@H](NC(C)=O)C([C@H](O)[C@H](O)COC(C)=O)O2)O[C@H]1Oc1ccc([N+](=O)[O-])cc1. The van der Waals surface area contributed by atoms with Gasteiger partial charge in [-0.05, 0) is 12.1 Å². The number of benzene rings is 1. The number of carboxylic acids is 1. The van der Waals surface area contributed by atoms with Crippen molar-refractivity contribution in [1.82, 2.24) is 10.6 Å². The predicted octanol–water partition coefficient (Wildman–Crippen LogP) is -3.34. The van der Waals surface area contributed by atoms with Gasteiger partial charge in [-0.2, -0.15) is 0 Å². The topological polar surface area (TPSA) is 303 Å². The monoisotopic (exact) mass is 675 g/mol. The van der Waals surface area contributed by atoms with E-state index in [1.807, 2.05) is 0 Å². The van der Waals surface area contributed by atoms with Crippen molar-refractivity contribution in [1.29, 1.82) is 0 Å². The molecule has 2 aliphatic rings. The number of aliphatic hydroxyl groups is 5. The maximum absolute atomic E-state index is 12.5. The molecule has 3 rings (SSSR count). The molecule has 2 saturated heterocycles. The van der Waals surface area contributed by atoms with Gasteiger partial charge in [-0.25, -0.2) is 4.79 Å². The van der Waals surface area contributed by atoms with Crippen LogP contribution in [0.1, 0.15) is 27.2 Å². The Morgan fingerprint density at radius 2 is 1.62 bits per heavy atom. The van der Waals surface area contributed by atoms with E-state index < -0.39 is 115 Å². The number of hydrogen-bond acceptors (Lipinski definition) is 16. The minimum absolute atomic E-state index is 0.00638. The Labute approximate surface area is 266 Å².